The fourth-order valence-electron chi connectivity index (χ4n) is 1.72. The van der Waals surface area contributed by atoms with Gasteiger partial charge in [-0.25, -0.2) is 0 Å². The molecule has 0 spiro atoms. The largest absolute Gasteiger partial charge is 0.341 e. The molecular formula is C10H21ClN2OS. The van der Waals surface area contributed by atoms with Crippen LogP contribution in [0.2, 0.25) is 0 Å². The van der Waals surface area contributed by atoms with E-state index >= 15 is 0 Å². The van der Waals surface area contributed by atoms with Crippen LogP contribution in [-0.2, 0) is 4.79 Å². The summed E-state index contributed by atoms with van der Waals surface area (Å²) in [6, 6.07) is 0.267. The number of piperidine rings is 1. The molecule has 0 radical (unpaired) electrons. The number of amides is 1. The minimum atomic E-state index is 0. The highest BCUT2D eigenvalue weighted by Gasteiger charge is 2.28. The molecule has 15 heavy (non-hydrogen) atoms. The second kappa shape index (κ2) is 6.61. The molecule has 0 aromatic carbocycles. The summed E-state index contributed by atoms with van der Waals surface area (Å²) in [5.41, 5.74) is 5.91. The highest BCUT2D eigenvalue weighted by atomic mass is 35.5. The van der Waals surface area contributed by atoms with Gasteiger partial charge in [0.05, 0.1) is 5.25 Å². The average molecular weight is 253 g/mol. The zero-order valence-corrected chi connectivity index (χ0v) is 11.2. The third kappa shape index (κ3) is 3.85. The lowest BCUT2D eigenvalue weighted by molar-refractivity contribution is -0.132. The van der Waals surface area contributed by atoms with E-state index in [1.165, 1.54) is 0 Å². The zero-order valence-electron chi connectivity index (χ0n) is 9.60. The van der Waals surface area contributed by atoms with E-state index in [4.69, 9.17) is 5.73 Å². The molecule has 3 nitrogen and oxygen atoms in total. The third-order valence-electron chi connectivity index (χ3n) is 2.98. The Morgan fingerprint density at radius 1 is 1.60 bits per heavy atom. The molecule has 1 heterocycles. The van der Waals surface area contributed by atoms with Crippen LogP contribution in [0.3, 0.4) is 0 Å². The summed E-state index contributed by atoms with van der Waals surface area (Å²) in [5, 5.41) is 0.0801. The molecule has 1 rings (SSSR count). The quantitative estimate of drug-likeness (QED) is 0.807. The number of rotatable bonds is 2. The minimum absolute atomic E-state index is 0. The van der Waals surface area contributed by atoms with Gasteiger partial charge in [-0.15, -0.1) is 12.4 Å². The van der Waals surface area contributed by atoms with Crippen molar-refractivity contribution in [2.24, 2.45) is 11.7 Å². The molecule has 2 N–H and O–H groups in total. The number of hydrogen-bond donors (Lipinski definition) is 1. The van der Waals surface area contributed by atoms with Crippen LogP contribution in [-0.4, -0.2) is 41.4 Å². The van der Waals surface area contributed by atoms with E-state index < -0.39 is 0 Å². The van der Waals surface area contributed by atoms with Crippen molar-refractivity contribution in [3.8, 4) is 0 Å². The Hall–Kier alpha value is 0.0700. The van der Waals surface area contributed by atoms with Crippen LogP contribution >= 0.6 is 24.2 Å². The van der Waals surface area contributed by atoms with E-state index in [0.29, 0.717) is 5.92 Å². The van der Waals surface area contributed by atoms with Crippen LogP contribution in [0.4, 0.5) is 0 Å². The number of thioether (sulfide) groups is 1. The molecule has 1 saturated heterocycles. The zero-order chi connectivity index (χ0) is 10.7. The molecule has 1 aliphatic heterocycles. The SMILES string of the molecule is CSC(C)C(=O)N1CCC(N)C(C)C1.Cl. The maximum atomic E-state index is 11.8. The average Bonchev–Trinajstić information content (AvgIpc) is 2.20. The number of nitrogens with two attached hydrogens (primary N) is 1. The van der Waals surface area contributed by atoms with E-state index in [1.807, 2.05) is 18.1 Å². The topological polar surface area (TPSA) is 46.3 Å². The summed E-state index contributed by atoms with van der Waals surface area (Å²) < 4.78 is 0. The van der Waals surface area contributed by atoms with Crippen LogP contribution in [0, 0.1) is 5.92 Å². The van der Waals surface area contributed by atoms with Crippen LogP contribution in [0.5, 0.6) is 0 Å². The Labute approximate surface area is 103 Å². The highest BCUT2D eigenvalue weighted by Crippen LogP contribution is 2.18. The molecule has 3 atom stereocenters. The Kier molecular flexibility index (Phi) is 6.64. The molecule has 1 fully saturated rings. The Balaban J connectivity index is 0.00000196. The van der Waals surface area contributed by atoms with E-state index in [0.717, 1.165) is 19.5 Å². The monoisotopic (exact) mass is 252 g/mol. The smallest absolute Gasteiger partial charge is 0.235 e. The van der Waals surface area contributed by atoms with Crippen LogP contribution < -0.4 is 5.73 Å². The summed E-state index contributed by atoms with van der Waals surface area (Å²) in [4.78, 5) is 13.8. The van der Waals surface area contributed by atoms with E-state index in [9.17, 15) is 4.79 Å². The van der Waals surface area contributed by atoms with Crippen molar-refractivity contribution in [1.29, 1.82) is 0 Å². The van der Waals surface area contributed by atoms with Gasteiger partial charge in [0.1, 0.15) is 0 Å². The molecular weight excluding hydrogens is 232 g/mol. The van der Waals surface area contributed by atoms with Crippen molar-refractivity contribution < 1.29 is 4.79 Å². The highest BCUT2D eigenvalue weighted by molar-refractivity contribution is 7.99. The molecule has 0 saturated carbocycles. The van der Waals surface area contributed by atoms with Gasteiger partial charge in [-0.3, -0.25) is 4.79 Å². The minimum Gasteiger partial charge on any atom is -0.341 e. The van der Waals surface area contributed by atoms with Gasteiger partial charge in [-0.05, 0) is 25.5 Å². The van der Waals surface area contributed by atoms with Gasteiger partial charge in [0.15, 0.2) is 0 Å². The summed E-state index contributed by atoms with van der Waals surface area (Å²) in [7, 11) is 0. The van der Waals surface area contributed by atoms with Crippen LogP contribution in [0.1, 0.15) is 20.3 Å². The molecule has 90 valence electrons. The lowest BCUT2D eigenvalue weighted by Crippen LogP contribution is -2.50. The standard InChI is InChI=1S/C10H20N2OS.ClH/c1-7-6-12(5-4-9(7)11)10(13)8(2)14-3;/h7-9H,4-6,11H2,1-3H3;1H. The van der Waals surface area contributed by atoms with Gasteiger partial charge >= 0.3 is 0 Å². The molecule has 0 aromatic heterocycles. The fraction of sp³-hybridized carbons (Fsp3) is 0.900. The Morgan fingerprint density at radius 3 is 2.67 bits per heavy atom. The molecule has 3 unspecified atom stereocenters. The number of halogens is 1. The van der Waals surface area contributed by atoms with Gasteiger partial charge in [-0.2, -0.15) is 11.8 Å². The lowest BCUT2D eigenvalue weighted by atomic mass is 9.95. The van der Waals surface area contributed by atoms with Crippen LogP contribution in [0.15, 0.2) is 0 Å². The second-order valence-corrected chi connectivity index (χ2v) is 5.27. The predicted molar refractivity (Wildman–Crippen MR) is 68.6 cm³/mol. The molecule has 5 heteroatoms. The first-order valence-corrected chi connectivity index (χ1v) is 6.42. The number of likely N-dealkylation sites (tertiary alicyclic amines) is 1. The Morgan fingerprint density at radius 2 is 2.20 bits per heavy atom. The van der Waals surface area contributed by atoms with Gasteiger partial charge < -0.3 is 10.6 Å². The first-order valence-electron chi connectivity index (χ1n) is 5.13. The van der Waals surface area contributed by atoms with Crippen molar-refractivity contribution in [2.75, 3.05) is 19.3 Å². The number of nitrogens with zero attached hydrogens (tertiary/aromatic N) is 1. The summed E-state index contributed by atoms with van der Waals surface area (Å²) >= 11 is 1.61. The first-order chi connectivity index (χ1) is 6.56. The summed E-state index contributed by atoms with van der Waals surface area (Å²) in [6.07, 6.45) is 2.91. The fourth-order valence-corrected chi connectivity index (χ4v) is 2.07. The molecule has 0 aromatic rings. The summed E-state index contributed by atoms with van der Waals surface area (Å²) in [5.74, 6) is 0.693. The van der Waals surface area contributed by atoms with Crippen molar-refractivity contribution in [2.45, 2.75) is 31.6 Å². The Bertz CT molecular complexity index is 216. The molecule has 0 bridgehead atoms. The van der Waals surface area contributed by atoms with E-state index in [-0.39, 0.29) is 29.6 Å². The van der Waals surface area contributed by atoms with Gasteiger partial charge in [-0.1, -0.05) is 6.92 Å². The molecule has 1 amide bonds. The van der Waals surface area contributed by atoms with Gasteiger partial charge in [0.25, 0.3) is 0 Å². The van der Waals surface area contributed by atoms with Crippen LogP contribution in [0.25, 0.3) is 0 Å². The first kappa shape index (κ1) is 15.1. The maximum absolute atomic E-state index is 11.8. The number of carbonyl (C=O) groups is 1. The summed E-state index contributed by atoms with van der Waals surface area (Å²) in [6.45, 7) is 5.74. The van der Waals surface area contributed by atoms with E-state index in [1.54, 1.807) is 11.8 Å². The third-order valence-corrected chi connectivity index (χ3v) is 3.89. The van der Waals surface area contributed by atoms with Crippen molar-refractivity contribution >= 4 is 30.1 Å². The number of carbonyl (C=O) groups excluding carboxylic acids is 1. The predicted octanol–water partition coefficient (Wildman–Crippen LogP) is 1.36. The normalized spacial score (nSPS) is 28.1. The van der Waals surface area contributed by atoms with Crippen molar-refractivity contribution in [3.63, 3.8) is 0 Å². The molecule has 1 aliphatic rings. The van der Waals surface area contributed by atoms with Gasteiger partial charge in [0.2, 0.25) is 5.91 Å². The maximum Gasteiger partial charge on any atom is 0.235 e. The molecule has 0 aliphatic carbocycles. The van der Waals surface area contributed by atoms with Gasteiger partial charge in [0, 0.05) is 19.1 Å². The second-order valence-electron chi connectivity index (χ2n) is 4.09. The van der Waals surface area contributed by atoms with Crippen molar-refractivity contribution in [3.05, 3.63) is 0 Å². The van der Waals surface area contributed by atoms with Crippen molar-refractivity contribution in [1.82, 2.24) is 4.90 Å². The number of hydrogen-bond acceptors (Lipinski definition) is 3. The lowest BCUT2D eigenvalue weighted by Gasteiger charge is -2.36. The van der Waals surface area contributed by atoms with E-state index in [2.05, 4.69) is 6.92 Å².